The summed E-state index contributed by atoms with van der Waals surface area (Å²) in [5, 5.41) is 12.3. The van der Waals surface area contributed by atoms with Crippen LogP contribution in [0.3, 0.4) is 0 Å². The van der Waals surface area contributed by atoms with Crippen molar-refractivity contribution in [2.75, 3.05) is 37.7 Å². The van der Waals surface area contributed by atoms with Gasteiger partial charge in [0.2, 0.25) is 0 Å². The molecular formula is C20H21Cl2N3O4. The quantitative estimate of drug-likeness (QED) is 0.516. The lowest BCUT2D eigenvalue weighted by Gasteiger charge is -2.35. The van der Waals surface area contributed by atoms with Gasteiger partial charge in [-0.25, -0.2) is 0 Å². The summed E-state index contributed by atoms with van der Waals surface area (Å²) in [7, 11) is 0. The van der Waals surface area contributed by atoms with Gasteiger partial charge in [0.15, 0.2) is 6.61 Å². The van der Waals surface area contributed by atoms with Crippen molar-refractivity contribution in [2.24, 2.45) is 0 Å². The number of carbonyl (C=O) groups excluding carboxylic acids is 1. The van der Waals surface area contributed by atoms with Crippen molar-refractivity contribution < 1.29 is 14.5 Å². The average Bonchev–Trinajstić information content (AvgIpc) is 2.70. The normalized spacial score (nSPS) is 14.1. The second kappa shape index (κ2) is 8.88. The van der Waals surface area contributed by atoms with Crippen LogP contribution in [0, 0.1) is 24.0 Å². The summed E-state index contributed by atoms with van der Waals surface area (Å²) in [6.07, 6.45) is 0. The van der Waals surface area contributed by atoms with Gasteiger partial charge in [0.05, 0.1) is 4.92 Å². The zero-order valence-corrected chi connectivity index (χ0v) is 17.7. The van der Waals surface area contributed by atoms with E-state index >= 15 is 0 Å². The maximum Gasteiger partial charge on any atom is 0.294 e. The highest BCUT2D eigenvalue weighted by Crippen LogP contribution is 2.31. The second-order valence-corrected chi connectivity index (χ2v) is 7.73. The summed E-state index contributed by atoms with van der Waals surface area (Å²) in [5.74, 6) is 0.480. The molecule has 0 aromatic heterocycles. The minimum absolute atomic E-state index is 0.0333. The molecule has 1 saturated heterocycles. The van der Waals surface area contributed by atoms with Crippen molar-refractivity contribution in [2.45, 2.75) is 13.8 Å². The SMILES string of the molecule is Cc1cc(OCC(=O)N2CCN(c3ccc(Cl)cc3[N+](=O)[O-])CC2)cc(C)c1Cl. The molecule has 29 heavy (non-hydrogen) atoms. The first-order valence-corrected chi connectivity index (χ1v) is 9.88. The van der Waals surface area contributed by atoms with Gasteiger partial charge < -0.3 is 14.5 Å². The highest BCUT2D eigenvalue weighted by molar-refractivity contribution is 6.32. The van der Waals surface area contributed by atoms with Crippen molar-refractivity contribution >= 4 is 40.5 Å². The van der Waals surface area contributed by atoms with Crippen molar-refractivity contribution in [3.8, 4) is 5.75 Å². The van der Waals surface area contributed by atoms with Gasteiger partial charge in [0.25, 0.3) is 11.6 Å². The van der Waals surface area contributed by atoms with Gasteiger partial charge in [-0.2, -0.15) is 0 Å². The predicted molar refractivity (Wildman–Crippen MR) is 113 cm³/mol. The second-order valence-electron chi connectivity index (χ2n) is 6.92. The summed E-state index contributed by atoms with van der Waals surface area (Å²) in [4.78, 5) is 27.0. The molecule has 0 bridgehead atoms. The Morgan fingerprint density at radius 3 is 2.31 bits per heavy atom. The standard InChI is InChI=1S/C20H21Cl2N3O4/c1-13-9-16(10-14(2)20(13)22)29-12-19(26)24-7-5-23(6-8-24)17-4-3-15(21)11-18(17)25(27)28/h3-4,9-11H,5-8,12H2,1-2H3. The van der Waals surface area contributed by atoms with Crippen molar-refractivity contribution in [1.82, 2.24) is 4.90 Å². The zero-order chi connectivity index (χ0) is 21.1. The van der Waals surface area contributed by atoms with E-state index in [1.807, 2.05) is 18.7 Å². The lowest BCUT2D eigenvalue weighted by molar-refractivity contribution is -0.384. The fourth-order valence-electron chi connectivity index (χ4n) is 3.33. The smallest absolute Gasteiger partial charge is 0.294 e. The number of nitrogens with zero attached hydrogens (tertiary/aromatic N) is 3. The molecule has 1 aliphatic heterocycles. The van der Waals surface area contributed by atoms with Crippen LogP contribution >= 0.6 is 23.2 Å². The van der Waals surface area contributed by atoms with E-state index in [1.165, 1.54) is 6.07 Å². The van der Waals surface area contributed by atoms with Crippen molar-refractivity contribution in [1.29, 1.82) is 0 Å². The molecule has 7 nitrogen and oxygen atoms in total. The number of piperazine rings is 1. The van der Waals surface area contributed by atoms with Gasteiger partial charge in [0.1, 0.15) is 11.4 Å². The number of amides is 1. The van der Waals surface area contributed by atoms with E-state index in [9.17, 15) is 14.9 Å². The lowest BCUT2D eigenvalue weighted by atomic mass is 10.1. The molecule has 0 N–H and O–H groups in total. The van der Waals surface area contributed by atoms with Crippen molar-refractivity contribution in [3.63, 3.8) is 0 Å². The first-order valence-electron chi connectivity index (χ1n) is 9.12. The topological polar surface area (TPSA) is 75.9 Å². The fraction of sp³-hybridized carbons (Fsp3) is 0.350. The van der Waals surface area contributed by atoms with Gasteiger partial charge in [-0.1, -0.05) is 23.2 Å². The first-order chi connectivity index (χ1) is 13.8. The number of ether oxygens (including phenoxy) is 1. The van der Waals surface area contributed by atoms with Crippen molar-refractivity contribution in [3.05, 3.63) is 61.6 Å². The molecule has 9 heteroatoms. The van der Waals surface area contributed by atoms with Gasteiger partial charge in [-0.15, -0.1) is 0 Å². The minimum Gasteiger partial charge on any atom is -0.484 e. The molecule has 0 saturated carbocycles. The maximum atomic E-state index is 12.5. The summed E-state index contributed by atoms with van der Waals surface area (Å²) in [5.41, 5.74) is 2.27. The lowest BCUT2D eigenvalue weighted by Crippen LogP contribution is -2.50. The van der Waals surface area contributed by atoms with E-state index in [-0.39, 0.29) is 18.2 Å². The molecule has 1 heterocycles. The van der Waals surface area contributed by atoms with Gasteiger partial charge in [-0.05, 0) is 49.2 Å². The molecule has 3 rings (SSSR count). The number of nitro groups is 1. The molecule has 0 spiro atoms. The molecule has 0 aliphatic carbocycles. The molecule has 0 atom stereocenters. The van der Waals surface area contributed by atoms with Gasteiger partial charge >= 0.3 is 0 Å². The monoisotopic (exact) mass is 437 g/mol. The third-order valence-corrected chi connectivity index (χ3v) is 5.71. The number of rotatable bonds is 5. The number of halogens is 2. The van der Waals surface area contributed by atoms with E-state index in [2.05, 4.69) is 0 Å². The summed E-state index contributed by atoms with van der Waals surface area (Å²) >= 11 is 12.0. The van der Waals surface area contributed by atoms with E-state index in [0.717, 1.165) is 11.1 Å². The molecule has 1 fully saturated rings. The molecule has 2 aromatic rings. The Balaban J connectivity index is 1.58. The Bertz CT molecular complexity index is 920. The summed E-state index contributed by atoms with van der Waals surface area (Å²) in [6.45, 7) is 5.61. The van der Waals surface area contributed by atoms with Crippen LogP contribution < -0.4 is 9.64 Å². The van der Waals surface area contributed by atoms with Crippen LogP contribution in [0.2, 0.25) is 10.0 Å². The summed E-state index contributed by atoms with van der Waals surface area (Å²) in [6, 6.07) is 8.23. The molecule has 1 aliphatic rings. The third kappa shape index (κ3) is 4.92. The molecule has 0 radical (unpaired) electrons. The number of nitro benzene ring substituents is 1. The highest BCUT2D eigenvalue weighted by atomic mass is 35.5. The molecular weight excluding hydrogens is 417 g/mol. The van der Waals surface area contributed by atoms with E-state index < -0.39 is 4.92 Å². The zero-order valence-electron chi connectivity index (χ0n) is 16.2. The molecule has 1 amide bonds. The molecule has 2 aromatic carbocycles. The van der Waals surface area contributed by atoms with Crippen LogP contribution in [-0.4, -0.2) is 48.5 Å². The Hall–Kier alpha value is -2.51. The largest absolute Gasteiger partial charge is 0.484 e. The fourth-order valence-corrected chi connectivity index (χ4v) is 3.61. The number of carbonyl (C=O) groups is 1. The average molecular weight is 438 g/mol. The van der Waals surface area contributed by atoms with E-state index in [1.54, 1.807) is 29.2 Å². The van der Waals surface area contributed by atoms with Gasteiger partial charge in [0, 0.05) is 42.3 Å². The van der Waals surface area contributed by atoms with Crippen LogP contribution in [-0.2, 0) is 4.79 Å². The maximum absolute atomic E-state index is 12.5. The van der Waals surface area contributed by atoms with Crippen LogP contribution in [0.5, 0.6) is 5.75 Å². The third-order valence-electron chi connectivity index (χ3n) is 4.88. The molecule has 154 valence electrons. The van der Waals surface area contributed by atoms with Crippen LogP contribution in [0.25, 0.3) is 0 Å². The number of hydrogen-bond acceptors (Lipinski definition) is 5. The molecule has 0 unspecified atom stereocenters. The number of benzene rings is 2. The number of anilines is 1. The number of aryl methyl sites for hydroxylation is 2. The highest BCUT2D eigenvalue weighted by Gasteiger charge is 2.26. The Kier molecular flexibility index (Phi) is 6.49. The first kappa shape index (κ1) is 21.2. The summed E-state index contributed by atoms with van der Waals surface area (Å²) < 4.78 is 5.65. The Labute approximate surface area is 178 Å². The number of hydrogen-bond donors (Lipinski definition) is 0. The van der Waals surface area contributed by atoms with E-state index in [4.69, 9.17) is 27.9 Å². The van der Waals surface area contributed by atoms with Gasteiger partial charge in [-0.3, -0.25) is 14.9 Å². The predicted octanol–water partition coefficient (Wildman–Crippen LogP) is 4.25. The van der Waals surface area contributed by atoms with Crippen LogP contribution in [0.15, 0.2) is 30.3 Å². The Morgan fingerprint density at radius 2 is 1.72 bits per heavy atom. The minimum atomic E-state index is -0.442. The van der Waals surface area contributed by atoms with Crippen LogP contribution in [0.4, 0.5) is 11.4 Å². The Morgan fingerprint density at radius 1 is 1.10 bits per heavy atom. The van der Waals surface area contributed by atoms with Crippen LogP contribution in [0.1, 0.15) is 11.1 Å². The van der Waals surface area contributed by atoms with E-state index in [0.29, 0.717) is 47.7 Å².